The molecule has 2 atom stereocenters. The normalized spacial score (nSPS) is 16.4. The van der Waals surface area contributed by atoms with Crippen molar-refractivity contribution in [1.82, 2.24) is 0 Å². The minimum absolute atomic E-state index is 0.0501. The summed E-state index contributed by atoms with van der Waals surface area (Å²) in [6.07, 6.45) is 0. The van der Waals surface area contributed by atoms with Gasteiger partial charge in [0, 0.05) is 17.0 Å². The van der Waals surface area contributed by atoms with Crippen molar-refractivity contribution in [3.05, 3.63) is 10.4 Å². The number of nitrogens with two attached hydrogens (primary N) is 1. The largest absolute Gasteiger partial charge is 0.328 e. The van der Waals surface area contributed by atoms with Crippen LogP contribution in [-0.4, -0.2) is 12.1 Å². The topological polar surface area (TPSA) is 74.8 Å². The summed E-state index contributed by atoms with van der Waals surface area (Å²) in [5, 5.41) is 3.38. The molecule has 0 amide bonds. The molecule has 0 aliphatic heterocycles. The molecule has 0 saturated heterocycles. The van der Waals surface area contributed by atoms with Gasteiger partial charge in [0.25, 0.3) is 0 Å². The van der Waals surface area contributed by atoms with Crippen LogP contribution >= 0.6 is 0 Å². The summed E-state index contributed by atoms with van der Waals surface area (Å²) in [7, 11) is 0. The Balaban J connectivity index is 3.63. The van der Waals surface area contributed by atoms with Crippen LogP contribution in [0.3, 0.4) is 0 Å². The molecule has 8 heavy (non-hydrogen) atoms. The van der Waals surface area contributed by atoms with Crippen molar-refractivity contribution in [2.24, 2.45) is 10.8 Å². The fourth-order valence-electron chi connectivity index (χ4n) is 0.187. The second-order valence-corrected chi connectivity index (χ2v) is 1.80. The van der Waals surface area contributed by atoms with Crippen molar-refractivity contribution in [2.75, 3.05) is 0 Å². The van der Waals surface area contributed by atoms with Gasteiger partial charge in [-0.1, -0.05) is 12.0 Å². The lowest BCUT2D eigenvalue weighted by Crippen LogP contribution is -2.26. The van der Waals surface area contributed by atoms with Gasteiger partial charge in [-0.15, -0.1) is 0 Å². The van der Waals surface area contributed by atoms with Crippen molar-refractivity contribution >= 4 is 0 Å². The predicted octanol–water partition coefficient (Wildman–Crippen LogP) is 1.03. The van der Waals surface area contributed by atoms with Crippen LogP contribution < -0.4 is 5.73 Å². The Morgan fingerprint density at radius 1 is 1.62 bits per heavy atom. The third-order valence-electron chi connectivity index (χ3n) is 0.995. The van der Waals surface area contributed by atoms with E-state index >= 15 is 0 Å². The van der Waals surface area contributed by atoms with Crippen LogP contribution in [-0.2, 0) is 0 Å². The summed E-state index contributed by atoms with van der Waals surface area (Å²) in [5.41, 5.74) is 13.2. The molecule has 0 saturated carbocycles. The molecule has 2 N–H and O–H groups in total. The third kappa shape index (κ3) is 2.44. The van der Waals surface area contributed by atoms with Gasteiger partial charge in [0.2, 0.25) is 0 Å². The quantitative estimate of drug-likeness (QED) is 0.325. The summed E-state index contributed by atoms with van der Waals surface area (Å²) < 4.78 is 0. The number of azide groups is 1. The lowest BCUT2D eigenvalue weighted by atomic mass is 10.2. The van der Waals surface area contributed by atoms with Gasteiger partial charge in [-0.05, 0) is 12.5 Å². The Morgan fingerprint density at radius 3 is 2.25 bits per heavy atom. The molecule has 0 rings (SSSR count). The molecule has 0 aliphatic carbocycles. The smallest absolute Gasteiger partial charge is 0.0494 e. The van der Waals surface area contributed by atoms with Crippen molar-refractivity contribution in [3.8, 4) is 0 Å². The molecule has 0 spiro atoms. The standard InChI is InChI=1S/C4H10N4/c1-3(5)4(2)7-8-6/h3-4H,5H2,1-2H3/t3-,4?/m0/s1. The molecule has 0 radical (unpaired) electrons. The van der Waals surface area contributed by atoms with E-state index in [4.69, 9.17) is 11.3 Å². The molecule has 0 aromatic heterocycles. The minimum atomic E-state index is -0.0972. The molecule has 0 aliphatic rings. The van der Waals surface area contributed by atoms with Crippen LogP contribution in [0.25, 0.3) is 10.4 Å². The van der Waals surface area contributed by atoms with Crippen molar-refractivity contribution in [1.29, 1.82) is 0 Å². The third-order valence-corrected chi connectivity index (χ3v) is 0.995. The van der Waals surface area contributed by atoms with E-state index in [1.165, 1.54) is 0 Å². The fourth-order valence-corrected chi connectivity index (χ4v) is 0.187. The van der Waals surface area contributed by atoms with Gasteiger partial charge in [-0.3, -0.25) is 0 Å². The Morgan fingerprint density at radius 2 is 2.12 bits per heavy atom. The summed E-state index contributed by atoms with van der Waals surface area (Å²) >= 11 is 0. The summed E-state index contributed by atoms with van der Waals surface area (Å²) in [5.74, 6) is 0. The molecule has 0 bridgehead atoms. The highest BCUT2D eigenvalue weighted by Crippen LogP contribution is 1.92. The Hall–Kier alpha value is -0.730. The van der Waals surface area contributed by atoms with Crippen molar-refractivity contribution in [3.63, 3.8) is 0 Å². The van der Waals surface area contributed by atoms with Crippen LogP contribution in [0.4, 0.5) is 0 Å². The molecule has 0 aromatic rings. The molecule has 0 aromatic carbocycles. The molecule has 4 nitrogen and oxygen atoms in total. The average molecular weight is 114 g/mol. The minimum Gasteiger partial charge on any atom is -0.328 e. The zero-order valence-electron chi connectivity index (χ0n) is 5.07. The van der Waals surface area contributed by atoms with E-state index in [1.807, 2.05) is 0 Å². The first-order valence-electron chi connectivity index (χ1n) is 2.48. The monoisotopic (exact) mass is 114 g/mol. The summed E-state index contributed by atoms with van der Waals surface area (Å²) in [4.78, 5) is 2.60. The molecular weight excluding hydrogens is 104 g/mol. The second kappa shape index (κ2) is 3.29. The van der Waals surface area contributed by atoms with E-state index in [0.29, 0.717) is 0 Å². The summed E-state index contributed by atoms with van der Waals surface area (Å²) in [6.45, 7) is 3.59. The Bertz CT molecular complexity index is 103. The highest BCUT2D eigenvalue weighted by Gasteiger charge is 2.01. The Labute approximate surface area is 48.3 Å². The zero-order valence-corrected chi connectivity index (χ0v) is 5.07. The number of rotatable bonds is 2. The molecular formula is C4H10N4. The molecule has 4 heteroatoms. The van der Waals surface area contributed by atoms with Gasteiger partial charge in [0.05, 0.1) is 0 Å². The summed E-state index contributed by atoms with van der Waals surface area (Å²) in [6, 6.07) is -0.147. The van der Waals surface area contributed by atoms with Crippen LogP contribution in [0.5, 0.6) is 0 Å². The van der Waals surface area contributed by atoms with Crippen LogP contribution in [0.15, 0.2) is 5.11 Å². The highest BCUT2D eigenvalue weighted by atomic mass is 15.2. The number of hydrogen-bond donors (Lipinski definition) is 1. The maximum Gasteiger partial charge on any atom is 0.0494 e. The van der Waals surface area contributed by atoms with E-state index in [2.05, 4.69) is 10.0 Å². The van der Waals surface area contributed by atoms with Crippen molar-refractivity contribution < 1.29 is 0 Å². The van der Waals surface area contributed by atoms with Crippen molar-refractivity contribution in [2.45, 2.75) is 25.9 Å². The van der Waals surface area contributed by atoms with Gasteiger partial charge in [-0.25, -0.2) is 0 Å². The lowest BCUT2D eigenvalue weighted by Gasteiger charge is -2.05. The maximum atomic E-state index is 7.89. The zero-order chi connectivity index (χ0) is 6.57. The SMILES string of the molecule is CC(N=[N+]=[N-])[C@H](C)N. The van der Waals surface area contributed by atoms with E-state index < -0.39 is 0 Å². The van der Waals surface area contributed by atoms with E-state index in [1.54, 1.807) is 13.8 Å². The second-order valence-electron chi connectivity index (χ2n) is 1.80. The van der Waals surface area contributed by atoms with Gasteiger partial charge in [-0.2, -0.15) is 0 Å². The average Bonchev–Trinajstić information content (AvgIpc) is 1.67. The number of hydrogen-bond acceptors (Lipinski definition) is 2. The molecule has 0 heterocycles. The van der Waals surface area contributed by atoms with Crippen LogP contribution in [0, 0.1) is 0 Å². The van der Waals surface area contributed by atoms with Gasteiger partial charge >= 0.3 is 0 Å². The van der Waals surface area contributed by atoms with Crippen LogP contribution in [0.2, 0.25) is 0 Å². The van der Waals surface area contributed by atoms with E-state index in [0.717, 1.165) is 0 Å². The van der Waals surface area contributed by atoms with E-state index in [9.17, 15) is 0 Å². The first kappa shape index (κ1) is 7.27. The van der Waals surface area contributed by atoms with Gasteiger partial charge < -0.3 is 5.73 Å². The van der Waals surface area contributed by atoms with E-state index in [-0.39, 0.29) is 12.1 Å². The molecule has 0 fully saturated rings. The lowest BCUT2D eigenvalue weighted by molar-refractivity contribution is 0.600. The first-order chi connectivity index (χ1) is 3.68. The van der Waals surface area contributed by atoms with Crippen LogP contribution in [0.1, 0.15) is 13.8 Å². The molecule has 46 valence electrons. The highest BCUT2D eigenvalue weighted by molar-refractivity contribution is 4.69. The number of nitrogens with zero attached hydrogens (tertiary/aromatic N) is 3. The Kier molecular flexibility index (Phi) is 2.99. The predicted molar refractivity (Wildman–Crippen MR) is 32.3 cm³/mol. The first-order valence-corrected chi connectivity index (χ1v) is 2.48. The molecule has 1 unspecified atom stereocenters. The fraction of sp³-hybridized carbons (Fsp3) is 1.00. The maximum absolute atomic E-state index is 7.89. The van der Waals surface area contributed by atoms with Gasteiger partial charge in [0.1, 0.15) is 0 Å². The van der Waals surface area contributed by atoms with Gasteiger partial charge in [0.15, 0.2) is 0 Å².